The van der Waals surface area contributed by atoms with E-state index >= 15 is 0 Å². The van der Waals surface area contributed by atoms with Crippen molar-refractivity contribution in [1.29, 1.82) is 0 Å². The maximum Gasteiger partial charge on any atom is 0.157 e. The molecule has 1 N–H and O–H groups in total. The van der Waals surface area contributed by atoms with Crippen molar-refractivity contribution in [2.75, 3.05) is 5.32 Å². The van der Waals surface area contributed by atoms with Gasteiger partial charge in [-0.2, -0.15) is 0 Å². The summed E-state index contributed by atoms with van der Waals surface area (Å²) in [5, 5.41) is 12.7. The number of pyridine rings is 1. The van der Waals surface area contributed by atoms with Crippen LogP contribution >= 0.6 is 0 Å². The highest BCUT2D eigenvalue weighted by atomic mass is 15.4. The Labute approximate surface area is 177 Å². The van der Waals surface area contributed by atoms with Crippen molar-refractivity contribution in [2.45, 2.75) is 51.1 Å². The van der Waals surface area contributed by atoms with Crippen LogP contribution < -0.4 is 5.32 Å². The number of rotatable bonds is 5. The molecule has 0 bridgehead atoms. The Kier molecular flexibility index (Phi) is 5.42. The molecular formula is C25H27N5. The Bertz CT molecular complexity index is 1100. The second-order valence-electron chi connectivity index (χ2n) is 8.16. The van der Waals surface area contributed by atoms with E-state index in [-0.39, 0.29) is 0 Å². The summed E-state index contributed by atoms with van der Waals surface area (Å²) in [5.74, 6) is 0.859. The second kappa shape index (κ2) is 8.66. The van der Waals surface area contributed by atoms with Gasteiger partial charge in [0.2, 0.25) is 0 Å². The van der Waals surface area contributed by atoms with Crippen LogP contribution in [0.4, 0.5) is 5.82 Å². The van der Waals surface area contributed by atoms with E-state index in [4.69, 9.17) is 4.98 Å². The van der Waals surface area contributed by atoms with Gasteiger partial charge < -0.3 is 5.32 Å². The lowest BCUT2D eigenvalue weighted by atomic mass is 10.1. The number of benzene rings is 2. The Morgan fingerprint density at radius 2 is 1.57 bits per heavy atom. The van der Waals surface area contributed by atoms with E-state index in [0.717, 1.165) is 28.1 Å². The Morgan fingerprint density at radius 1 is 0.867 bits per heavy atom. The first-order valence-corrected chi connectivity index (χ1v) is 11.0. The van der Waals surface area contributed by atoms with Crippen molar-refractivity contribution in [2.24, 2.45) is 0 Å². The van der Waals surface area contributed by atoms with Crippen LogP contribution in [0.3, 0.4) is 0 Å². The lowest BCUT2D eigenvalue weighted by Gasteiger charge is -2.18. The number of nitrogens with one attached hydrogen (secondary N) is 1. The highest BCUT2D eigenvalue weighted by Crippen LogP contribution is 2.29. The van der Waals surface area contributed by atoms with Crippen molar-refractivity contribution < 1.29 is 0 Å². The van der Waals surface area contributed by atoms with Crippen LogP contribution in [0, 0.1) is 0 Å². The van der Waals surface area contributed by atoms with E-state index in [1.165, 1.54) is 44.1 Å². The first kappa shape index (κ1) is 18.8. The molecule has 0 spiro atoms. The van der Waals surface area contributed by atoms with Crippen molar-refractivity contribution in [1.82, 2.24) is 20.0 Å². The van der Waals surface area contributed by atoms with Gasteiger partial charge in [0.15, 0.2) is 11.3 Å². The lowest BCUT2D eigenvalue weighted by molar-refractivity contribution is 0.618. The average Bonchev–Trinajstić information content (AvgIpc) is 3.02. The maximum absolute atomic E-state index is 4.99. The monoisotopic (exact) mass is 397 g/mol. The summed E-state index contributed by atoms with van der Waals surface area (Å²) in [6, 6.07) is 23.3. The van der Waals surface area contributed by atoms with Crippen LogP contribution in [0.2, 0.25) is 0 Å². The molecule has 2 heterocycles. The predicted octanol–water partition coefficient (Wildman–Crippen LogP) is 5.68. The van der Waals surface area contributed by atoms with E-state index in [0.29, 0.717) is 12.6 Å². The first-order valence-electron chi connectivity index (χ1n) is 11.0. The number of nitrogens with zero attached hydrogens (tertiary/aromatic N) is 4. The van der Waals surface area contributed by atoms with Gasteiger partial charge in [-0.1, -0.05) is 91.6 Å². The topological polar surface area (TPSA) is 55.6 Å². The van der Waals surface area contributed by atoms with E-state index in [2.05, 4.69) is 70.2 Å². The number of fused-ring (bicyclic) bond motifs is 1. The van der Waals surface area contributed by atoms with Crippen LogP contribution in [0.15, 0.2) is 66.7 Å². The molecule has 0 aliphatic heterocycles. The predicted molar refractivity (Wildman–Crippen MR) is 121 cm³/mol. The molecule has 5 rings (SSSR count). The van der Waals surface area contributed by atoms with Crippen LogP contribution in [0.1, 0.15) is 44.1 Å². The molecule has 5 nitrogen and oxygen atoms in total. The minimum atomic E-state index is 0.452. The molecule has 1 aliphatic rings. The number of anilines is 1. The fourth-order valence-electron chi connectivity index (χ4n) is 4.31. The molecule has 152 valence electrons. The zero-order valence-corrected chi connectivity index (χ0v) is 17.2. The maximum atomic E-state index is 4.99. The van der Waals surface area contributed by atoms with Crippen LogP contribution in [0.5, 0.6) is 0 Å². The molecule has 5 heteroatoms. The number of aromatic nitrogens is 4. The quantitative estimate of drug-likeness (QED) is 0.440. The zero-order chi connectivity index (χ0) is 20.2. The fourth-order valence-corrected chi connectivity index (χ4v) is 4.31. The molecular weight excluding hydrogens is 370 g/mol. The summed E-state index contributed by atoms with van der Waals surface area (Å²) in [6.07, 6.45) is 7.60. The molecule has 0 radical (unpaired) electrons. The third-order valence-corrected chi connectivity index (χ3v) is 5.94. The third kappa shape index (κ3) is 4.06. The van der Waals surface area contributed by atoms with Gasteiger partial charge in [-0.05, 0) is 24.5 Å². The minimum absolute atomic E-state index is 0.452. The molecule has 2 aromatic heterocycles. The lowest BCUT2D eigenvalue weighted by Crippen LogP contribution is -2.19. The highest BCUT2D eigenvalue weighted by molar-refractivity contribution is 5.89. The van der Waals surface area contributed by atoms with Gasteiger partial charge in [0.25, 0.3) is 0 Å². The Balaban J connectivity index is 1.57. The highest BCUT2D eigenvalue weighted by Gasteiger charge is 2.18. The fraction of sp³-hybridized carbons (Fsp3) is 0.320. The van der Waals surface area contributed by atoms with Crippen molar-refractivity contribution in [3.8, 4) is 11.3 Å². The minimum Gasteiger partial charge on any atom is -0.365 e. The SMILES string of the molecule is c1ccc(Cn2nnc3c(NC4CCCCCC4)nc(-c4ccccc4)cc32)cc1. The Hall–Kier alpha value is -3.21. The summed E-state index contributed by atoms with van der Waals surface area (Å²) < 4.78 is 1.98. The van der Waals surface area contributed by atoms with Crippen LogP contribution in [-0.4, -0.2) is 26.0 Å². The van der Waals surface area contributed by atoms with Crippen molar-refractivity contribution in [3.05, 3.63) is 72.3 Å². The average molecular weight is 398 g/mol. The standard InChI is InChI=1S/C25H27N5/c1-2-10-16-21(15-9-1)26-25-24-23(17-22(27-25)20-13-7-4-8-14-20)30(29-28-24)18-19-11-5-3-6-12-19/h3-8,11-14,17,21H,1-2,9-10,15-16,18H2,(H,26,27). The van der Waals surface area contributed by atoms with Crippen LogP contribution in [0.25, 0.3) is 22.3 Å². The van der Waals surface area contributed by atoms with Gasteiger partial charge in [0, 0.05) is 11.6 Å². The van der Waals surface area contributed by atoms with Gasteiger partial charge in [-0.15, -0.1) is 5.10 Å². The van der Waals surface area contributed by atoms with E-state index in [1.54, 1.807) is 0 Å². The first-order chi connectivity index (χ1) is 14.9. The van der Waals surface area contributed by atoms with E-state index in [1.807, 2.05) is 16.8 Å². The molecule has 1 fully saturated rings. The van der Waals surface area contributed by atoms with Gasteiger partial charge >= 0.3 is 0 Å². The number of hydrogen-bond donors (Lipinski definition) is 1. The molecule has 0 unspecified atom stereocenters. The third-order valence-electron chi connectivity index (χ3n) is 5.94. The summed E-state index contributed by atoms with van der Waals surface area (Å²) in [6.45, 7) is 0.693. The smallest absolute Gasteiger partial charge is 0.157 e. The molecule has 30 heavy (non-hydrogen) atoms. The molecule has 1 aliphatic carbocycles. The molecule has 0 saturated heterocycles. The van der Waals surface area contributed by atoms with E-state index in [9.17, 15) is 0 Å². The van der Waals surface area contributed by atoms with Crippen LogP contribution in [-0.2, 0) is 6.54 Å². The largest absolute Gasteiger partial charge is 0.365 e. The summed E-state index contributed by atoms with van der Waals surface area (Å²) in [4.78, 5) is 4.99. The summed E-state index contributed by atoms with van der Waals surface area (Å²) in [7, 11) is 0. The molecule has 4 aromatic rings. The van der Waals surface area contributed by atoms with E-state index < -0.39 is 0 Å². The Morgan fingerprint density at radius 3 is 2.30 bits per heavy atom. The van der Waals surface area contributed by atoms with Crippen molar-refractivity contribution in [3.63, 3.8) is 0 Å². The normalized spacial score (nSPS) is 15.2. The summed E-state index contributed by atoms with van der Waals surface area (Å²) in [5.41, 5.74) is 5.14. The van der Waals surface area contributed by atoms with Gasteiger partial charge in [-0.25, -0.2) is 9.67 Å². The van der Waals surface area contributed by atoms with Gasteiger partial charge in [0.1, 0.15) is 0 Å². The molecule has 0 atom stereocenters. The number of hydrogen-bond acceptors (Lipinski definition) is 4. The van der Waals surface area contributed by atoms with Gasteiger partial charge in [-0.3, -0.25) is 0 Å². The molecule has 1 saturated carbocycles. The van der Waals surface area contributed by atoms with Crippen molar-refractivity contribution >= 4 is 16.9 Å². The zero-order valence-electron chi connectivity index (χ0n) is 17.2. The van der Waals surface area contributed by atoms with Gasteiger partial charge in [0.05, 0.1) is 17.8 Å². The second-order valence-corrected chi connectivity index (χ2v) is 8.16. The summed E-state index contributed by atoms with van der Waals surface area (Å²) >= 11 is 0. The molecule has 0 amide bonds. The molecule has 2 aromatic carbocycles.